The summed E-state index contributed by atoms with van der Waals surface area (Å²) in [6.45, 7) is 3.92. The van der Waals surface area contributed by atoms with Crippen molar-refractivity contribution in [2.45, 2.75) is 12.3 Å². The maximum Gasteiger partial charge on any atom is 0.269 e. The molecule has 0 aliphatic carbocycles. The maximum atomic E-state index is 10.9. The Morgan fingerprint density at radius 1 is 1.30 bits per heavy atom. The highest BCUT2D eigenvalue weighted by Gasteiger charge is 2.21. The first kappa shape index (κ1) is 17.3. The second-order valence-electron chi connectivity index (χ2n) is 5.02. The minimum atomic E-state index is -0.421. The third-order valence-corrected chi connectivity index (χ3v) is 4.12. The molecule has 120 valence electrons. The Morgan fingerprint density at radius 3 is 2.70 bits per heavy atom. The van der Waals surface area contributed by atoms with Gasteiger partial charge in [0.1, 0.15) is 0 Å². The van der Waals surface area contributed by atoms with Gasteiger partial charge < -0.3 is 4.74 Å². The third-order valence-electron chi connectivity index (χ3n) is 3.55. The van der Waals surface area contributed by atoms with E-state index in [1.165, 1.54) is 19.2 Å². The quantitative estimate of drug-likeness (QED) is 0.398. The summed E-state index contributed by atoms with van der Waals surface area (Å²) >= 11 is 12.3. The Kier molecular flexibility index (Phi) is 5.64. The van der Waals surface area contributed by atoms with Gasteiger partial charge in [0.05, 0.1) is 17.8 Å². The number of benzene rings is 2. The van der Waals surface area contributed by atoms with Crippen LogP contribution in [0.1, 0.15) is 17.0 Å². The summed E-state index contributed by atoms with van der Waals surface area (Å²) in [5.41, 5.74) is 1.61. The summed E-state index contributed by atoms with van der Waals surface area (Å²) in [4.78, 5) is 10.5. The fourth-order valence-corrected chi connectivity index (χ4v) is 2.78. The van der Waals surface area contributed by atoms with E-state index in [1.807, 2.05) is 6.07 Å². The lowest BCUT2D eigenvalue weighted by Crippen LogP contribution is -2.08. The van der Waals surface area contributed by atoms with E-state index in [4.69, 9.17) is 27.9 Å². The first-order valence-corrected chi connectivity index (χ1v) is 7.59. The summed E-state index contributed by atoms with van der Waals surface area (Å²) in [5.74, 6) is 0.258. The van der Waals surface area contributed by atoms with E-state index in [0.717, 1.165) is 11.1 Å². The minimum absolute atomic E-state index is 0.0430. The number of allylic oxidation sites excluding steroid dienone is 1. The molecule has 0 aliphatic rings. The number of nitro groups is 1. The number of ether oxygens (including phenoxy) is 1. The van der Waals surface area contributed by atoms with E-state index in [9.17, 15) is 10.1 Å². The van der Waals surface area contributed by atoms with Crippen LogP contribution in [-0.2, 0) is 11.2 Å². The Bertz CT molecular complexity index is 746. The molecule has 0 fully saturated rings. The van der Waals surface area contributed by atoms with Crippen molar-refractivity contribution in [2.24, 2.45) is 0 Å². The monoisotopic (exact) mass is 351 g/mol. The molecule has 0 N–H and O–H groups in total. The molecular formula is C17H15Cl2NO3. The molecule has 0 unspecified atom stereocenters. The van der Waals surface area contributed by atoms with Gasteiger partial charge in [0.25, 0.3) is 5.69 Å². The third kappa shape index (κ3) is 4.24. The number of methoxy groups -OCH3 is 1. The number of hydrogen-bond acceptors (Lipinski definition) is 3. The molecule has 0 bridgehead atoms. The van der Waals surface area contributed by atoms with Crippen LogP contribution in [0.5, 0.6) is 0 Å². The lowest BCUT2D eigenvalue weighted by molar-refractivity contribution is -0.384. The van der Waals surface area contributed by atoms with Gasteiger partial charge in [0, 0.05) is 28.1 Å². The molecule has 0 saturated carbocycles. The van der Waals surface area contributed by atoms with E-state index in [1.54, 1.807) is 24.3 Å². The van der Waals surface area contributed by atoms with Gasteiger partial charge in [0.15, 0.2) is 0 Å². The average Bonchev–Trinajstić information content (AvgIpc) is 2.54. The Hall–Kier alpha value is -2.04. The van der Waals surface area contributed by atoms with E-state index in [2.05, 4.69) is 6.58 Å². The molecule has 2 rings (SSSR count). The molecule has 0 heterocycles. The van der Waals surface area contributed by atoms with Crippen LogP contribution in [0.4, 0.5) is 5.69 Å². The molecule has 0 aromatic heterocycles. The van der Waals surface area contributed by atoms with Gasteiger partial charge >= 0.3 is 0 Å². The van der Waals surface area contributed by atoms with Crippen LogP contribution >= 0.6 is 23.2 Å². The van der Waals surface area contributed by atoms with Crippen LogP contribution in [0.2, 0.25) is 10.0 Å². The predicted octanol–water partition coefficient (Wildman–Crippen LogP) is 5.39. The second-order valence-corrected chi connectivity index (χ2v) is 5.86. The highest BCUT2D eigenvalue weighted by Crippen LogP contribution is 2.35. The Labute approximate surface area is 144 Å². The van der Waals surface area contributed by atoms with Crippen LogP contribution in [-0.4, -0.2) is 12.0 Å². The van der Waals surface area contributed by atoms with Crippen molar-refractivity contribution in [2.75, 3.05) is 7.11 Å². The lowest BCUT2D eigenvalue weighted by atomic mass is 9.90. The molecule has 0 spiro atoms. The smallest absolute Gasteiger partial charge is 0.269 e. The van der Waals surface area contributed by atoms with Crippen LogP contribution in [0, 0.1) is 10.1 Å². The number of hydrogen-bond donors (Lipinski definition) is 0. The highest BCUT2D eigenvalue weighted by atomic mass is 35.5. The normalized spacial score (nSPS) is 11.8. The van der Waals surface area contributed by atoms with Gasteiger partial charge in [-0.05, 0) is 35.7 Å². The molecule has 6 heteroatoms. The van der Waals surface area contributed by atoms with Gasteiger partial charge in [0.2, 0.25) is 0 Å². The van der Waals surface area contributed by atoms with E-state index in [0.29, 0.717) is 22.2 Å². The van der Waals surface area contributed by atoms with Crippen molar-refractivity contribution in [1.82, 2.24) is 0 Å². The molecule has 23 heavy (non-hydrogen) atoms. The average molecular weight is 352 g/mol. The van der Waals surface area contributed by atoms with Crippen LogP contribution in [0.15, 0.2) is 54.8 Å². The number of nitro benzene ring substituents is 1. The van der Waals surface area contributed by atoms with Crippen molar-refractivity contribution >= 4 is 28.9 Å². The van der Waals surface area contributed by atoms with E-state index in [-0.39, 0.29) is 11.6 Å². The van der Waals surface area contributed by atoms with Crippen LogP contribution < -0.4 is 0 Å². The zero-order valence-electron chi connectivity index (χ0n) is 12.5. The number of halogens is 2. The Morgan fingerprint density at radius 2 is 2.04 bits per heavy atom. The zero-order chi connectivity index (χ0) is 17.0. The first-order valence-electron chi connectivity index (χ1n) is 6.83. The summed E-state index contributed by atoms with van der Waals surface area (Å²) in [5, 5.41) is 12.0. The fraction of sp³-hybridized carbons (Fsp3) is 0.176. The summed E-state index contributed by atoms with van der Waals surface area (Å²) in [6.07, 6.45) is 0.467. The largest absolute Gasteiger partial charge is 0.501 e. The fourth-order valence-electron chi connectivity index (χ4n) is 2.35. The highest BCUT2D eigenvalue weighted by molar-refractivity contribution is 6.33. The van der Waals surface area contributed by atoms with Crippen molar-refractivity contribution in [1.29, 1.82) is 0 Å². The maximum absolute atomic E-state index is 10.9. The van der Waals surface area contributed by atoms with Gasteiger partial charge in [-0.3, -0.25) is 10.1 Å². The number of non-ortho nitro benzene ring substituents is 1. The first-order chi connectivity index (χ1) is 10.9. The molecule has 0 radical (unpaired) electrons. The predicted molar refractivity (Wildman–Crippen MR) is 92.2 cm³/mol. The Balaban J connectivity index is 2.40. The van der Waals surface area contributed by atoms with E-state index >= 15 is 0 Å². The van der Waals surface area contributed by atoms with Crippen LogP contribution in [0.25, 0.3) is 0 Å². The molecule has 2 aromatic rings. The molecule has 0 saturated heterocycles. The summed E-state index contributed by atoms with van der Waals surface area (Å²) in [7, 11) is 1.53. The molecule has 1 atom stereocenters. The van der Waals surface area contributed by atoms with Crippen molar-refractivity contribution in [3.63, 3.8) is 0 Å². The lowest BCUT2D eigenvalue weighted by Gasteiger charge is -2.20. The van der Waals surface area contributed by atoms with E-state index < -0.39 is 4.92 Å². The molecule has 4 nitrogen and oxygen atoms in total. The minimum Gasteiger partial charge on any atom is -0.501 e. The van der Waals surface area contributed by atoms with Crippen LogP contribution in [0.3, 0.4) is 0 Å². The van der Waals surface area contributed by atoms with Crippen molar-refractivity contribution in [3.8, 4) is 0 Å². The SMILES string of the molecule is C=C(OC)[C@H](Cc1cccc([N+](=O)[O-])c1)c1cc(Cl)ccc1Cl. The number of rotatable bonds is 6. The topological polar surface area (TPSA) is 52.4 Å². The van der Waals surface area contributed by atoms with Crippen molar-refractivity contribution in [3.05, 3.63) is 86.1 Å². The van der Waals surface area contributed by atoms with Gasteiger partial charge in [-0.25, -0.2) is 0 Å². The molecule has 0 amide bonds. The zero-order valence-corrected chi connectivity index (χ0v) is 14.0. The summed E-state index contributed by atoms with van der Waals surface area (Å²) in [6, 6.07) is 11.6. The molecular weight excluding hydrogens is 337 g/mol. The van der Waals surface area contributed by atoms with Gasteiger partial charge in [-0.15, -0.1) is 0 Å². The molecule has 0 aliphatic heterocycles. The summed E-state index contributed by atoms with van der Waals surface area (Å²) < 4.78 is 5.28. The van der Waals surface area contributed by atoms with Crippen molar-refractivity contribution < 1.29 is 9.66 Å². The van der Waals surface area contributed by atoms with Gasteiger partial charge in [-0.1, -0.05) is 41.9 Å². The van der Waals surface area contributed by atoms with Gasteiger partial charge in [-0.2, -0.15) is 0 Å². The standard InChI is InChI=1S/C17H15Cl2NO3/c1-11(23-2)15(16-10-13(18)6-7-17(16)19)9-12-4-3-5-14(8-12)20(21)22/h3-8,10,15H,1,9H2,2H3/t15-/m0/s1. The second kappa shape index (κ2) is 7.49. The number of nitrogens with zero attached hydrogens (tertiary/aromatic N) is 1. The molecule has 2 aromatic carbocycles.